The molecule has 0 fully saturated rings. The molecule has 0 saturated carbocycles. The monoisotopic (exact) mass is 229 g/mol. The molecule has 0 aliphatic heterocycles. The molecule has 2 rings (SSSR count). The fraction of sp³-hybridized carbons (Fsp3) is 0. The highest BCUT2D eigenvalue weighted by atomic mass is 16.6. The Kier molecular flexibility index (Phi) is 3.25. The summed E-state index contributed by atoms with van der Waals surface area (Å²) in [6.45, 7) is 0. The van der Waals surface area contributed by atoms with Crippen LogP contribution in [0.15, 0.2) is 48.1 Å². The molecule has 1 aromatic carbocycles. The topological polar surface area (TPSA) is 69.4 Å². The maximum atomic E-state index is 12.1. The number of ketones is 1. The van der Waals surface area contributed by atoms with Crippen molar-refractivity contribution in [1.29, 1.82) is 0 Å². The first kappa shape index (κ1) is 11.0. The van der Waals surface area contributed by atoms with Crippen LogP contribution in [0.4, 0.5) is 0 Å². The van der Waals surface area contributed by atoms with Crippen LogP contribution in [0.25, 0.3) is 0 Å². The Morgan fingerprint density at radius 2 is 2.12 bits per heavy atom. The van der Waals surface area contributed by atoms with Gasteiger partial charge >= 0.3 is 0 Å². The molecule has 0 N–H and O–H groups in total. The smallest absolute Gasteiger partial charge is 0.242 e. The summed E-state index contributed by atoms with van der Waals surface area (Å²) in [5.41, 5.74) is 0.485. The van der Waals surface area contributed by atoms with Crippen molar-refractivity contribution in [3.63, 3.8) is 0 Å². The average molecular weight is 229 g/mol. The number of carbonyl (C=O) groups excluding carboxylic acids is 1. The average Bonchev–Trinajstić information content (AvgIpc) is 2.90. The number of nitrogens with zero attached hydrogens (tertiary/aromatic N) is 4. The van der Waals surface area contributed by atoms with Gasteiger partial charge in [0.05, 0.1) is 0 Å². The number of rotatable bonds is 3. The number of oxime groups is 1. The van der Waals surface area contributed by atoms with Gasteiger partial charge in [0.1, 0.15) is 12.7 Å². The summed E-state index contributed by atoms with van der Waals surface area (Å²) in [7, 11) is 3.11. The number of aromatic nitrogens is 3. The predicted octanol–water partition coefficient (Wildman–Crippen LogP) is 1.13. The summed E-state index contributed by atoms with van der Waals surface area (Å²) in [5, 5.41) is 7.39. The lowest BCUT2D eigenvalue weighted by atomic mass is 10.1. The molecule has 0 spiro atoms. The highest BCUT2D eigenvalue weighted by Crippen LogP contribution is 2.03. The summed E-state index contributed by atoms with van der Waals surface area (Å²) in [4.78, 5) is 20.2. The number of Topliss-reactive ketones (excluding diaryl/α,β-unsaturated/α-hetero) is 1. The first-order valence-electron chi connectivity index (χ1n) is 4.77. The Bertz CT molecular complexity index is 520. The zero-order valence-corrected chi connectivity index (χ0v) is 8.85. The maximum Gasteiger partial charge on any atom is 0.242 e. The van der Waals surface area contributed by atoms with Crippen molar-refractivity contribution in [1.82, 2.24) is 14.8 Å². The van der Waals surface area contributed by atoms with E-state index in [1.54, 1.807) is 24.3 Å². The quantitative estimate of drug-likeness (QED) is 0.342. The number of hydrogen-bond donors (Lipinski definition) is 0. The van der Waals surface area contributed by atoms with Crippen molar-refractivity contribution < 1.29 is 9.63 Å². The normalized spacial score (nSPS) is 11.2. The molecule has 6 heteroatoms. The van der Waals surface area contributed by atoms with Gasteiger partial charge in [-0.25, -0.2) is 4.98 Å². The van der Waals surface area contributed by atoms with E-state index in [-0.39, 0.29) is 11.6 Å². The van der Waals surface area contributed by atoms with Gasteiger partial charge in [-0.15, -0.1) is 0 Å². The van der Waals surface area contributed by atoms with Crippen molar-refractivity contribution in [3.05, 3.63) is 55.7 Å². The van der Waals surface area contributed by atoms with E-state index in [1.807, 2.05) is 6.07 Å². The van der Waals surface area contributed by atoms with E-state index in [9.17, 15) is 4.79 Å². The van der Waals surface area contributed by atoms with Gasteiger partial charge in [-0.3, -0.25) is 4.79 Å². The summed E-state index contributed by atoms with van der Waals surface area (Å²) < 4.78 is 1.22. The third-order valence-corrected chi connectivity index (χ3v) is 2.03. The fourth-order valence-electron chi connectivity index (χ4n) is 1.28. The predicted molar refractivity (Wildman–Crippen MR) is 60.1 cm³/mol. The Labute approximate surface area is 97.5 Å². The minimum Gasteiger partial charge on any atom is -0.390 e. The molecule has 1 heterocycles. The molecule has 0 saturated heterocycles. The van der Waals surface area contributed by atoms with Crippen molar-refractivity contribution in [2.24, 2.45) is 5.16 Å². The molecule has 85 valence electrons. The first-order chi connectivity index (χ1) is 8.33. The molecule has 17 heavy (non-hydrogen) atoms. The standard InChI is InChI=1S/C11H9N4O2/c1-17-14-11(15-8-12-7-13-15)10(16)9-5-3-2-4-6-9/h2-8H,1H2/b14-11+. The van der Waals surface area contributed by atoms with Gasteiger partial charge in [-0.1, -0.05) is 35.5 Å². The van der Waals surface area contributed by atoms with Crippen LogP contribution >= 0.6 is 0 Å². The lowest BCUT2D eigenvalue weighted by molar-refractivity contribution is 0.105. The van der Waals surface area contributed by atoms with E-state index in [4.69, 9.17) is 0 Å². The summed E-state index contributed by atoms with van der Waals surface area (Å²) >= 11 is 0. The highest BCUT2D eigenvalue weighted by Gasteiger charge is 2.17. The van der Waals surface area contributed by atoms with Crippen molar-refractivity contribution in [3.8, 4) is 0 Å². The van der Waals surface area contributed by atoms with Gasteiger partial charge in [0.25, 0.3) is 0 Å². The molecule has 6 nitrogen and oxygen atoms in total. The third-order valence-electron chi connectivity index (χ3n) is 2.03. The van der Waals surface area contributed by atoms with Gasteiger partial charge in [0.2, 0.25) is 11.6 Å². The molecular formula is C11H9N4O2. The van der Waals surface area contributed by atoms with Gasteiger partial charge in [0, 0.05) is 5.56 Å². The molecule has 0 atom stereocenters. The van der Waals surface area contributed by atoms with Crippen LogP contribution in [-0.2, 0) is 4.84 Å². The van der Waals surface area contributed by atoms with E-state index in [2.05, 4.69) is 27.2 Å². The van der Waals surface area contributed by atoms with Crippen LogP contribution < -0.4 is 0 Å². The second-order valence-corrected chi connectivity index (χ2v) is 3.08. The summed E-state index contributed by atoms with van der Waals surface area (Å²) in [6, 6.07) is 8.70. The lowest BCUT2D eigenvalue weighted by Crippen LogP contribution is -2.23. The van der Waals surface area contributed by atoms with Crippen LogP contribution in [-0.4, -0.2) is 26.4 Å². The van der Waals surface area contributed by atoms with E-state index in [0.29, 0.717) is 5.56 Å². The van der Waals surface area contributed by atoms with Crippen LogP contribution in [0, 0.1) is 7.11 Å². The minimum atomic E-state index is -0.320. The van der Waals surface area contributed by atoms with Gasteiger partial charge in [-0.05, 0) is 0 Å². The number of benzene rings is 1. The van der Waals surface area contributed by atoms with Crippen LogP contribution in [0.3, 0.4) is 0 Å². The van der Waals surface area contributed by atoms with E-state index in [1.165, 1.54) is 17.3 Å². The molecule has 1 radical (unpaired) electrons. The number of hydrogen-bond acceptors (Lipinski definition) is 5. The molecule has 0 unspecified atom stereocenters. The Hall–Kier alpha value is -2.50. The first-order valence-corrected chi connectivity index (χ1v) is 4.77. The molecule has 0 aliphatic carbocycles. The minimum absolute atomic E-state index is 0.00343. The van der Waals surface area contributed by atoms with Crippen LogP contribution in [0.1, 0.15) is 10.4 Å². The van der Waals surface area contributed by atoms with E-state index >= 15 is 0 Å². The lowest BCUT2D eigenvalue weighted by Gasteiger charge is -2.03. The molecule has 0 bridgehead atoms. The Balaban J connectivity index is 2.36. The van der Waals surface area contributed by atoms with Gasteiger partial charge < -0.3 is 4.84 Å². The second-order valence-electron chi connectivity index (χ2n) is 3.08. The second kappa shape index (κ2) is 5.02. The molecule has 1 aromatic heterocycles. The number of carbonyl (C=O) groups is 1. The van der Waals surface area contributed by atoms with Crippen molar-refractivity contribution in [2.75, 3.05) is 0 Å². The Morgan fingerprint density at radius 3 is 2.71 bits per heavy atom. The SMILES string of the molecule is [CH2]O/N=C(\C(=O)c1ccccc1)n1cncn1. The molecule has 2 aromatic rings. The van der Waals surface area contributed by atoms with Crippen molar-refractivity contribution >= 4 is 11.6 Å². The third kappa shape index (κ3) is 2.36. The summed E-state index contributed by atoms with van der Waals surface area (Å²) in [5.74, 6) is -0.316. The molecule has 0 aliphatic rings. The van der Waals surface area contributed by atoms with E-state index in [0.717, 1.165) is 0 Å². The Morgan fingerprint density at radius 1 is 1.35 bits per heavy atom. The molecular weight excluding hydrogens is 220 g/mol. The zero-order valence-electron chi connectivity index (χ0n) is 8.85. The van der Waals surface area contributed by atoms with Crippen LogP contribution in [0.5, 0.6) is 0 Å². The van der Waals surface area contributed by atoms with E-state index < -0.39 is 0 Å². The van der Waals surface area contributed by atoms with Crippen LogP contribution in [0.2, 0.25) is 0 Å². The van der Waals surface area contributed by atoms with Gasteiger partial charge in [0.15, 0.2) is 7.11 Å². The summed E-state index contributed by atoms with van der Waals surface area (Å²) in [6.07, 6.45) is 2.66. The largest absolute Gasteiger partial charge is 0.390 e. The van der Waals surface area contributed by atoms with Crippen molar-refractivity contribution in [2.45, 2.75) is 0 Å². The maximum absolute atomic E-state index is 12.1. The zero-order chi connectivity index (χ0) is 12.1. The fourth-order valence-corrected chi connectivity index (χ4v) is 1.28. The molecule has 0 amide bonds. The van der Waals surface area contributed by atoms with Gasteiger partial charge in [-0.2, -0.15) is 9.78 Å². The highest BCUT2D eigenvalue weighted by molar-refractivity contribution is 6.45.